The molecule has 0 aliphatic carbocycles. The summed E-state index contributed by atoms with van der Waals surface area (Å²) in [5.74, 6) is -0.437. The van der Waals surface area contributed by atoms with Crippen LogP contribution in [-0.2, 0) is 9.59 Å². The molecule has 0 heterocycles. The Kier molecular flexibility index (Phi) is 7.61. The van der Waals surface area contributed by atoms with Crippen LogP contribution >= 0.6 is 0 Å². The molecule has 0 aromatic heterocycles. The molecular formula is C27H25N3O3. The Morgan fingerprint density at radius 3 is 2.36 bits per heavy atom. The van der Waals surface area contributed by atoms with Gasteiger partial charge in [-0.05, 0) is 67.8 Å². The number of anilines is 2. The van der Waals surface area contributed by atoms with E-state index < -0.39 is 5.91 Å². The van der Waals surface area contributed by atoms with Crippen LogP contribution in [0.5, 0.6) is 5.75 Å². The lowest BCUT2D eigenvalue weighted by molar-refractivity contribution is -0.118. The van der Waals surface area contributed by atoms with E-state index >= 15 is 0 Å². The Morgan fingerprint density at radius 1 is 0.909 bits per heavy atom. The van der Waals surface area contributed by atoms with Gasteiger partial charge in [0.15, 0.2) is 6.61 Å². The number of nitrogens with one attached hydrogen (secondary N) is 2. The number of nitrogens with zero attached hydrogens (tertiary/aromatic N) is 1. The maximum absolute atomic E-state index is 12.6. The van der Waals surface area contributed by atoms with Crippen molar-refractivity contribution in [1.82, 2.24) is 0 Å². The normalized spacial score (nSPS) is 10.8. The van der Waals surface area contributed by atoms with Crippen molar-refractivity contribution >= 4 is 29.3 Å². The molecule has 3 aromatic carbocycles. The highest BCUT2D eigenvalue weighted by molar-refractivity contribution is 6.10. The smallest absolute Gasteiger partial charge is 0.266 e. The Hall–Kier alpha value is -4.37. The summed E-state index contributed by atoms with van der Waals surface area (Å²) in [6.07, 6.45) is 1.45. The Balaban J connectivity index is 1.70. The molecule has 6 nitrogen and oxygen atoms in total. The number of hydrogen-bond acceptors (Lipinski definition) is 4. The van der Waals surface area contributed by atoms with Gasteiger partial charge in [-0.25, -0.2) is 0 Å². The largest absolute Gasteiger partial charge is 0.483 e. The number of ether oxygens (including phenoxy) is 1. The zero-order valence-electron chi connectivity index (χ0n) is 18.8. The number of carbonyl (C=O) groups excluding carboxylic acids is 2. The van der Waals surface area contributed by atoms with Crippen LogP contribution in [0.2, 0.25) is 0 Å². The number of aryl methyl sites for hydroxylation is 3. The predicted octanol–water partition coefficient (Wildman–Crippen LogP) is 5.18. The van der Waals surface area contributed by atoms with Gasteiger partial charge in [-0.2, -0.15) is 5.26 Å². The third kappa shape index (κ3) is 6.31. The summed E-state index contributed by atoms with van der Waals surface area (Å²) in [6.45, 7) is 5.64. The third-order valence-electron chi connectivity index (χ3n) is 5.13. The molecule has 0 spiro atoms. The van der Waals surface area contributed by atoms with Gasteiger partial charge in [0.2, 0.25) is 0 Å². The summed E-state index contributed by atoms with van der Waals surface area (Å²) in [5.41, 5.74) is 4.89. The van der Waals surface area contributed by atoms with E-state index in [1.54, 1.807) is 30.3 Å². The molecule has 0 fully saturated rings. The monoisotopic (exact) mass is 439 g/mol. The number of rotatable bonds is 7. The van der Waals surface area contributed by atoms with Crippen LogP contribution in [0.25, 0.3) is 6.08 Å². The first-order chi connectivity index (χ1) is 15.9. The van der Waals surface area contributed by atoms with E-state index in [9.17, 15) is 14.9 Å². The first kappa shape index (κ1) is 23.3. The lowest BCUT2D eigenvalue weighted by Crippen LogP contribution is -2.20. The maximum Gasteiger partial charge on any atom is 0.266 e. The molecule has 3 rings (SSSR count). The first-order valence-electron chi connectivity index (χ1n) is 10.4. The Bertz CT molecular complexity index is 1260. The van der Waals surface area contributed by atoms with Crippen LogP contribution in [0.4, 0.5) is 11.4 Å². The molecule has 0 bridgehead atoms. The summed E-state index contributed by atoms with van der Waals surface area (Å²) >= 11 is 0. The summed E-state index contributed by atoms with van der Waals surface area (Å²) < 4.78 is 5.69. The Morgan fingerprint density at radius 2 is 1.64 bits per heavy atom. The maximum atomic E-state index is 12.6. The van der Waals surface area contributed by atoms with Gasteiger partial charge in [0.25, 0.3) is 11.8 Å². The van der Waals surface area contributed by atoms with E-state index in [2.05, 4.69) is 10.6 Å². The van der Waals surface area contributed by atoms with Crippen molar-refractivity contribution < 1.29 is 14.3 Å². The number of hydrogen-bond donors (Lipinski definition) is 2. The molecule has 0 unspecified atom stereocenters. The van der Waals surface area contributed by atoms with Gasteiger partial charge in [0.05, 0.1) is 0 Å². The van der Waals surface area contributed by atoms with Crippen molar-refractivity contribution in [2.45, 2.75) is 20.8 Å². The van der Waals surface area contributed by atoms with Crippen LogP contribution in [-0.4, -0.2) is 18.4 Å². The van der Waals surface area contributed by atoms with E-state index in [1.807, 2.05) is 63.2 Å². The van der Waals surface area contributed by atoms with Gasteiger partial charge in [-0.3, -0.25) is 9.59 Å². The molecule has 0 aliphatic heterocycles. The van der Waals surface area contributed by atoms with Crippen molar-refractivity contribution in [2.24, 2.45) is 0 Å². The number of nitriles is 1. The molecule has 33 heavy (non-hydrogen) atoms. The Labute approximate surface area is 193 Å². The van der Waals surface area contributed by atoms with Gasteiger partial charge in [-0.1, -0.05) is 42.5 Å². The van der Waals surface area contributed by atoms with Crippen molar-refractivity contribution in [3.63, 3.8) is 0 Å². The van der Waals surface area contributed by atoms with Crippen LogP contribution < -0.4 is 15.4 Å². The second-order valence-electron chi connectivity index (χ2n) is 7.61. The number of benzene rings is 3. The minimum atomic E-state index is -0.519. The summed E-state index contributed by atoms with van der Waals surface area (Å²) in [4.78, 5) is 25.0. The fraction of sp³-hybridized carbons (Fsp3) is 0.148. The van der Waals surface area contributed by atoms with E-state index in [-0.39, 0.29) is 18.1 Å². The molecule has 0 saturated heterocycles. The zero-order valence-corrected chi connectivity index (χ0v) is 18.8. The van der Waals surface area contributed by atoms with Crippen LogP contribution in [0.3, 0.4) is 0 Å². The highest BCUT2D eigenvalue weighted by Gasteiger charge is 2.13. The van der Waals surface area contributed by atoms with Crippen molar-refractivity contribution in [1.29, 1.82) is 5.26 Å². The van der Waals surface area contributed by atoms with Gasteiger partial charge >= 0.3 is 0 Å². The molecule has 0 saturated carbocycles. The fourth-order valence-corrected chi connectivity index (χ4v) is 3.10. The minimum absolute atomic E-state index is 0.0751. The SMILES string of the molecule is Cc1ccc(NC(=O)COc2ccccc2/C=C(/C#N)C(=O)Nc2ccccc2C)cc1C. The van der Waals surface area contributed by atoms with Crippen LogP contribution in [0.1, 0.15) is 22.3 Å². The standard InChI is InChI=1S/C27H25N3O3/c1-18-12-13-23(14-20(18)3)29-26(31)17-33-25-11-7-5-9-21(25)15-22(16-28)27(32)30-24-10-6-4-8-19(24)2/h4-15H,17H2,1-3H3,(H,29,31)(H,30,32)/b22-15-. The summed E-state index contributed by atoms with van der Waals surface area (Å²) in [7, 11) is 0. The second-order valence-corrected chi connectivity index (χ2v) is 7.61. The van der Waals surface area contributed by atoms with E-state index in [0.717, 1.165) is 16.7 Å². The molecule has 2 amide bonds. The lowest BCUT2D eigenvalue weighted by Gasteiger charge is -2.11. The lowest BCUT2D eigenvalue weighted by atomic mass is 10.1. The molecule has 3 aromatic rings. The quantitative estimate of drug-likeness (QED) is 0.392. The van der Waals surface area contributed by atoms with Crippen LogP contribution in [0.15, 0.2) is 72.3 Å². The zero-order chi connectivity index (χ0) is 23.8. The van der Waals surface area contributed by atoms with Crippen molar-refractivity contribution in [2.75, 3.05) is 17.2 Å². The number of para-hydroxylation sites is 2. The van der Waals surface area contributed by atoms with E-state index in [0.29, 0.717) is 22.7 Å². The van der Waals surface area contributed by atoms with Crippen molar-refractivity contribution in [3.8, 4) is 11.8 Å². The molecular weight excluding hydrogens is 414 g/mol. The number of carbonyl (C=O) groups is 2. The molecule has 166 valence electrons. The van der Waals surface area contributed by atoms with Gasteiger partial charge in [0, 0.05) is 16.9 Å². The van der Waals surface area contributed by atoms with Gasteiger partial charge < -0.3 is 15.4 Å². The van der Waals surface area contributed by atoms with E-state index in [4.69, 9.17) is 4.74 Å². The third-order valence-corrected chi connectivity index (χ3v) is 5.13. The molecule has 2 N–H and O–H groups in total. The fourth-order valence-electron chi connectivity index (χ4n) is 3.10. The number of amides is 2. The average Bonchev–Trinajstić information content (AvgIpc) is 2.80. The highest BCUT2D eigenvalue weighted by Crippen LogP contribution is 2.22. The molecule has 6 heteroatoms. The summed E-state index contributed by atoms with van der Waals surface area (Å²) in [6, 6.07) is 21.9. The van der Waals surface area contributed by atoms with Crippen molar-refractivity contribution in [3.05, 3.63) is 94.6 Å². The molecule has 0 radical (unpaired) electrons. The average molecular weight is 440 g/mol. The topological polar surface area (TPSA) is 91.2 Å². The first-order valence-corrected chi connectivity index (χ1v) is 10.4. The highest BCUT2D eigenvalue weighted by atomic mass is 16.5. The van der Waals surface area contributed by atoms with Crippen LogP contribution in [0, 0.1) is 32.1 Å². The van der Waals surface area contributed by atoms with Gasteiger partial charge in [-0.15, -0.1) is 0 Å². The molecule has 0 aliphatic rings. The minimum Gasteiger partial charge on any atom is -0.483 e. The second kappa shape index (κ2) is 10.8. The summed E-state index contributed by atoms with van der Waals surface area (Å²) in [5, 5.41) is 15.1. The van der Waals surface area contributed by atoms with Gasteiger partial charge in [0.1, 0.15) is 17.4 Å². The predicted molar refractivity (Wildman–Crippen MR) is 130 cm³/mol. The van der Waals surface area contributed by atoms with E-state index in [1.165, 1.54) is 6.08 Å². The molecule has 0 atom stereocenters.